The summed E-state index contributed by atoms with van der Waals surface area (Å²) >= 11 is 6.82. The SMILES string of the molecule is CC(C)CCOc1ccc(Br)cc1C(=O)NNC(=O)COc1ccc(C(C)C)cc1Br. The summed E-state index contributed by atoms with van der Waals surface area (Å²) in [7, 11) is 0. The molecule has 2 N–H and O–H groups in total. The fourth-order valence-electron chi connectivity index (χ4n) is 2.58. The van der Waals surface area contributed by atoms with Crippen LogP contribution in [0.2, 0.25) is 0 Å². The summed E-state index contributed by atoms with van der Waals surface area (Å²) in [6, 6.07) is 10.9. The van der Waals surface area contributed by atoms with Gasteiger partial charge in [-0.1, -0.05) is 49.7 Å². The van der Waals surface area contributed by atoms with Crippen molar-refractivity contribution in [2.75, 3.05) is 13.2 Å². The maximum atomic E-state index is 12.6. The van der Waals surface area contributed by atoms with Gasteiger partial charge in [0, 0.05) is 4.47 Å². The van der Waals surface area contributed by atoms with Crippen LogP contribution in [0, 0.1) is 5.92 Å². The number of benzene rings is 2. The van der Waals surface area contributed by atoms with E-state index in [-0.39, 0.29) is 6.61 Å². The van der Waals surface area contributed by atoms with Crippen LogP contribution >= 0.6 is 31.9 Å². The van der Waals surface area contributed by atoms with Crippen molar-refractivity contribution in [3.8, 4) is 11.5 Å². The number of nitrogens with one attached hydrogen (secondary N) is 2. The van der Waals surface area contributed by atoms with E-state index in [0.29, 0.717) is 35.5 Å². The monoisotopic (exact) mass is 554 g/mol. The Balaban J connectivity index is 1.90. The lowest BCUT2D eigenvalue weighted by atomic mass is 10.0. The second-order valence-electron chi connectivity index (χ2n) is 7.81. The van der Waals surface area contributed by atoms with Gasteiger partial charge in [0.1, 0.15) is 11.5 Å². The van der Waals surface area contributed by atoms with E-state index in [4.69, 9.17) is 9.47 Å². The molecule has 0 fully saturated rings. The zero-order valence-corrected chi connectivity index (χ0v) is 21.3. The van der Waals surface area contributed by atoms with Gasteiger partial charge in [-0.3, -0.25) is 20.4 Å². The van der Waals surface area contributed by atoms with Gasteiger partial charge in [-0.15, -0.1) is 0 Å². The van der Waals surface area contributed by atoms with Gasteiger partial charge in [-0.05, 0) is 70.1 Å². The maximum absolute atomic E-state index is 12.6. The highest BCUT2D eigenvalue weighted by Crippen LogP contribution is 2.29. The third-order valence-electron chi connectivity index (χ3n) is 4.44. The highest BCUT2D eigenvalue weighted by Gasteiger charge is 2.15. The van der Waals surface area contributed by atoms with E-state index >= 15 is 0 Å². The Labute approximate surface area is 200 Å². The molecule has 0 heterocycles. The molecule has 0 bridgehead atoms. The Hall–Kier alpha value is -2.06. The molecule has 0 saturated heterocycles. The first-order valence-electron chi connectivity index (χ1n) is 10.1. The average molecular weight is 556 g/mol. The van der Waals surface area contributed by atoms with Crippen LogP contribution in [-0.4, -0.2) is 25.0 Å². The molecular weight excluding hydrogens is 528 g/mol. The van der Waals surface area contributed by atoms with E-state index in [1.165, 1.54) is 0 Å². The molecule has 2 rings (SSSR count). The van der Waals surface area contributed by atoms with Gasteiger partial charge in [0.15, 0.2) is 6.61 Å². The van der Waals surface area contributed by atoms with Crippen LogP contribution in [0.15, 0.2) is 45.3 Å². The fraction of sp³-hybridized carbons (Fsp3) is 0.391. The van der Waals surface area contributed by atoms with Crippen LogP contribution in [-0.2, 0) is 4.79 Å². The molecule has 6 nitrogen and oxygen atoms in total. The lowest BCUT2D eigenvalue weighted by molar-refractivity contribution is -0.123. The van der Waals surface area contributed by atoms with E-state index in [2.05, 4.69) is 70.4 Å². The number of hydrogen-bond acceptors (Lipinski definition) is 4. The summed E-state index contributed by atoms with van der Waals surface area (Å²) in [5.74, 6) is 0.941. The highest BCUT2D eigenvalue weighted by atomic mass is 79.9. The average Bonchev–Trinajstić information content (AvgIpc) is 2.71. The topological polar surface area (TPSA) is 76.7 Å². The first-order valence-corrected chi connectivity index (χ1v) is 11.7. The highest BCUT2D eigenvalue weighted by molar-refractivity contribution is 9.10. The molecule has 2 aromatic rings. The van der Waals surface area contributed by atoms with Gasteiger partial charge in [-0.25, -0.2) is 0 Å². The molecule has 0 unspecified atom stereocenters. The Morgan fingerprint density at radius 2 is 1.65 bits per heavy atom. The summed E-state index contributed by atoms with van der Waals surface area (Å²) in [6.45, 7) is 8.68. The van der Waals surface area contributed by atoms with Crippen molar-refractivity contribution in [1.82, 2.24) is 10.9 Å². The van der Waals surface area contributed by atoms with E-state index in [9.17, 15) is 9.59 Å². The molecule has 168 valence electrons. The number of rotatable bonds is 9. The molecule has 8 heteroatoms. The van der Waals surface area contributed by atoms with Crippen molar-refractivity contribution in [1.29, 1.82) is 0 Å². The van der Waals surface area contributed by atoms with Gasteiger partial charge in [0.25, 0.3) is 11.8 Å². The van der Waals surface area contributed by atoms with E-state index in [1.54, 1.807) is 18.2 Å². The number of hydrogen-bond donors (Lipinski definition) is 2. The molecule has 0 aliphatic heterocycles. The zero-order chi connectivity index (χ0) is 23.0. The maximum Gasteiger partial charge on any atom is 0.276 e. The normalized spacial score (nSPS) is 10.8. The van der Waals surface area contributed by atoms with Crippen LogP contribution in [0.3, 0.4) is 0 Å². The predicted octanol–water partition coefficient (Wildman–Crippen LogP) is 5.60. The Kier molecular flexibility index (Phi) is 9.84. The molecule has 0 atom stereocenters. The van der Waals surface area contributed by atoms with Crippen molar-refractivity contribution in [2.45, 2.75) is 40.0 Å². The summed E-state index contributed by atoms with van der Waals surface area (Å²) in [6.07, 6.45) is 0.874. The number of hydrazine groups is 1. The summed E-state index contributed by atoms with van der Waals surface area (Å²) in [5, 5.41) is 0. The smallest absolute Gasteiger partial charge is 0.276 e. The standard InChI is InChI=1S/C23H28Br2N2O4/c1-14(2)9-10-30-20-8-6-17(24)12-18(20)23(29)27-26-22(28)13-31-21-7-5-16(15(3)4)11-19(21)25/h5-8,11-12,14-15H,9-10,13H2,1-4H3,(H,26,28)(H,27,29). The van der Waals surface area contributed by atoms with Gasteiger partial charge in [0.05, 0.1) is 16.6 Å². The first-order chi connectivity index (χ1) is 14.7. The van der Waals surface area contributed by atoms with Gasteiger partial charge in [0.2, 0.25) is 0 Å². The van der Waals surface area contributed by atoms with Crippen molar-refractivity contribution < 1.29 is 19.1 Å². The summed E-state index contributed by atoms with van der Waals surface area (Å²) < 4.78 is 12.8. The third-order valence-corrected chi connectivity index (χ3v) is 5.55. The lowest BCUT2D eigenvalue weighted by Gasteiger charge is -2.14. The van der Waals surface area contributed by atoms with Crippen molar-refractivity contribution in [2.24, 2.45) is 5.92 Å². The molecule has 0 aromatic heterocycles. The lowest BCUT2D eigenvalue weighted by Crippen LogP contribution is -2.44. The largest absolute Gasteiger partial charge is 0.493 e. The molecule has 2 amide bonds. The Bertz CT molecular complexity index is 916. The molecule has 0 radical (unpaired) electrons. The van der Waals surface area contributed by atoms with Crippen molar-refractivity contribution in [3.05, 3.63) is 56.5 Å². The molecule has 0 aliphatic rings. The van der Waals surface area contributed by atoms with E-state index in [0.717, 1.165) is 20.9 Å². The second-order valence-corrected chi connectivity index (χ2v) is 9.58. The molecular formula is C23H28Br2N2O4. The minimum Gasteiger partial charge on any atom is -0.493 e. The number of carbonyl (C=O) groups is 2. The molecule has 31 heavy (non-hydrogen) atoms. The Morgan fingerprint density at radius 3 is 2.29 bits per heavy atom. The van der Waals surface area contributed by atoms with Crippen LogP contribution in [0.4, 0.5) is 0 Å². The predicted molar refractivity (Wildman–Crippen MR) is 128 cm³/mol. The number of carbonyl (C=O) groups excluding carboxylic acids is 2. The summed E-state index contributed by atoms with van der Waals surface area (Å²) in [5.41, 5.74) is 6.27. The minimum atomic E-state index is -0.481. The minimum absolute atomic E-state index is 0.240. The van der Waals surface area contributed by atoms with E-state index < -0.39 is 11.8 Å². The Morgan fingerprint density at radius 1 is 0.935 bits per heavy atom. The first kappa shape index (κ1) is 25.2. The second kappa shape index (κ2) is 12.1. The number of amides is 2. The number of halogens is 2. The molecule has 0 saturated carbocycles. The zero-order valence-electron chi connectivity index (χ0n) is 18.1. The molecule has 2 aromatic carbocycles. The van der Waals surface area contributed by atoms with Gasteiger partial charge < -0.3 is 9.47 Å². The quantitative estimate of drug-likeness (QED) is 0.395. The third kappa shape index (κ3) is 8.18. The van der Waals surface area contributed by atoms with Crippen LogP contribution in [0.5, 0.6) is 11.5 Å². The molecule has 0 aliphatic carbocycles. The van der Waals surface area contributed by atoms with Crippen LogP contribution in [0.25, 0.3) is 0 Å². The fourth-order valence-corrected chi connectivity index (χ4v) is 3.45. The van der Waals surface area contributed by atoms with Gasteiger partial charge >= 0.3 is 0 Å². The van der Waals surface area contributed by atoms with Crippen molar-refractivity contribution >= 4 is 43.7 Å². The van der Waals surface area contributed by atoms with Gasteiger partial charge in [-0.2, -0.15) is 0 Å². The number of ether oxygens (including phenoxy) is 2. The summed E-state index contributed by atoms with van der Waals surface area (Å²) in [4.78, 5) is 24.7. The van der Waals surface area contributed by atoms with Crippen LogP contribution < -0.4 is 20.3 Å². The van der Waals surface area contributed by atoms with Crippen molar-refractivity contribution in [3.63, 3.8) is 0 Å². The van der Waals surface area contributed by atoms with Crippen LogP contribution in [0.1, 0.15) is 56.0 Å². The van der Waals surface area contributed by atoms with E-state index in [1.807, 2.05) is 18.2 Å². The molecule has 0 spiro atoms.